The van der Waals surface area contributed by atoms with E-state index in [-0.39, 0.29) is 5.75 Å². The molecule has 0 radical (unpaired) electrons. The molecule has 19 heavy (non-hydrogen) atoms. The topological polar surface area (TPSA) is 53.8 Å². The predicted molar refractivity (Wildman–Crippen MR) is 74.3 cm³/mol. The first-order chi connectivity index (χ1) is 9.00. The molecule has 1 aromatic rings. The average Bonchev–Trinajstić information content (AvgIpc) is 2.97. The van der Waals surface area contributed by atoms with Crippen molar-refractivity contribution < 1.29 is 12.8 Å². The van der Waals surface area contributed by atoms with Gasteiger partial charge in [-0.25, -0.2) is 12.7 Å². The van der Waals surface area contributed by atoms with Crippen LogP contribution in [0.4, 0.5) is 0 Å². The quantitative estimate of drug-likeness (QED) is 0.798. The molecule has 0 aromatic carbocycles. The molecule has 1 aliphatic rings. The minimum Gasteiger partial charge on any atom is -0.468 e. The third kappa shape index (κ3) is 3.58. The summed E-state index contributed by atoms with van der Waals surface area (Å²) in [6.07, 6.45) is 4.60. The normalized spacial score (nSPS) is 21.3. The third-order valence-electron chi connectivity index (χ3n) is 3.64. The van der Waals surface area contributed by atoms with E-state index in [9.17, 15) is 8.42 Å². The number of nitrogens with zero attached hydrogens (tertiary/aromatic N) is 2. The van der Waals surface area contributed by atoms with E-state index in [0.717, 1.165) is 31.7 Å². The van der Waals surface area contributed by atoms with Crippen molar-refractivity contribution in [2.24, 2.45) is 0 Å². The molecular formula is C13H22N2O3S. The van der Waals surface area contributed by atoms with Crippen LogP contribution >= 0.6 is 0 Å². The van der Waals surface area contributed by atoms with Crippen LogP contribution in [0.3, 0.4) is 0 Å². The Kier molecular flexibility index (Phi) is 4.65. The summed E-state index contributed by atoms with van der Waals surface area (Å²) >= 11 is 0. The smallest absolute Gasteiger partial charge is 0.213 e. The number of furan rings is 1. The molecule has 2 heterocycles. The lowest BCUT2D eigenvalue weighted by molar-refractivity contribution is 0.229. The van der Waals surface area contributed by atoms with Gasteiger partial charge in [-0.1, -0.05) is 0 Å². The number of hydrogen-bond acceptors (Lipinski definition) is 4. The molecule has 108 valence electrons. The molecule has 0 spiro atoms. The first-order valence-electron chi connectivity index (χ1n) is 6.68. The lowest BCUT2D eigenvalue weighted by Crippen LogP contribution is -2.29. The largest absolute Gasteiger partial charge is 0.468 e. The second-order valence-electron chi connectivity index (χ2n) is 5.16. The van der Waals surface area contributed by atoms with Crippen LogP contribution in [0.25, 0.3) is 0 Å². The van der Waals surface area contributed by atoms with Gasteiger partial charge in [-0.3, -0.25) is 4.90 Å². The molecule has 0 amide bonds. The average molecular weight is 286 g/mol. The zero-order valence-electron chi connectivity index (χ0n) is 11.6. The first kappa shape index (κ1) is 14.6. The van der Waals surface area contributed by atoms with Gasteiger partial charge in [0.15, 0.2) is 0 Å². The van der Waals surface area contributed by atoms with Crippen molar-refractivity contribution in [2.75, 3.05) is 32.9 Å². The van der Waals surface area contributed by atoms with Crippen LogP contribution in [0.5, 0.6) is 0 Å². The molecular weight excluding hydrogens is 264 g/mol. The Morgan fingerprint density at radius 2 is 2.26 bits per heavy atom. The zero-order valence-corrected chi connectivity index (χ0v) is 12.4. The minimum absolute atomic E-state index is 0.210. The molecule has 1 unspecified atom stereocenters. The summed E-state index contributed by atoms with van der Waals surface area (Å²) in [6.45, 7) is 1.83. The number of likely N-dealkylation sites (tertiary alicyclic amines) is 1. The second-order valence-corrected chi connectivity index (χ2v) is 7.46. The molecule has 1 aliphatic heterocycles. The van der Waals surface area contributed by atoms with Gasteiger partial charge in [-0.05, 0) is 44.5 Å². The van der Waals surface area contributed by atoms with E-state index in [2.05, 4.69) is 4.90 Å². The standard InChI is InChI=1S/C13H22N2O3S/c1-14(2)19(16,17)11-5-9-15-8-3-6-12(15)13-7-4-10-18-13/h4,7,10,12H,3,5-6,8-9,11H2,1-2H3. The lowest BCUT2D eigenvalue weighted by Gasteiger charge is -2.23. The Balaban J connectivity index is 1.86. The maximum absolute atomic E-state index is 11.7. The van der Waals surface area contributed by atoms with Gasteiger partial charge in [0.25, 0.3) is 0 Å². The fraction of sp³-hybridized carbons (Fsp3) is 0.692. The minimum atomic E-state index is -3.08. The third-order valence-corrected chi connectivity index (χ3v) is 5.56. The summed E-state index contributed by atoms with van der Waals surface area (Å²) in [5.74, 6) is 1.20. The van der Waals surface area contributed by atoms with Crippen LogP contribution in [-0.2, 0) is 10.0 Å². The molecule has 1 saturated heterocycles. The van der Waals surface area contributed by atoms with E-state index < -0.39 is 10.0 Å². The van der Waals surface area contributed by atoms with E-state index in [0.29, 0.717) is 12.5 Å². The Labute approximate surface area is 115 Å². The van der Waals surface area contributed by atoms with Crippen LogP contribution < -0.4 is 0 Å². The van der Waals surface area contributed by atoms with Gasteiger partial charge in [-0.2, -0.15) is 0 Å². The maximum Gasteiger partial charge on any atom is 0.213 e. The predicted octanol–water partition coefficient (Wildman–Crippen LogP) is 1.70. The number of sulfonamides is 1. The summed E-state index contributed by atoms with van der Waals surface area (Å²) in [6, 6.07) is 4.22. The maximum atomic E-state index is 11.7. The van der Waals surface area contributed by atoms with E-state index in [1.165, 1.54) is 4.31 Å². The first-order valence-corrected chi connectivity index (χ1v) is 8.29. The van der Waals surface area contributed by atoms with Gasteiger partial charge >= 0.3 is 0 Å². The zero-order chi connectivity index (χ0) is 13.9. The fourth-order valence-electron chi connectivity index (χ4n) is 2.53. The molecule has 5 nitrogen and oxygen atoms in total. The van der Waals surface area contributed by atoms with E-state index >= 15 is 0 Å². The summed E-state index contributed by atoms with van der Waals surface area (Å²) in [5.41, 5.74) is 0. The monoisotopic (exact) mass is 286 g/mol. The molecule has 1 atom stereocenters. The fourth-order valence-corrected chi connectivity index (χ4v) is 3.39. The molecule has 1 fully saturated rings. The number of hydrogen-bond donors (Lipinski definition) is 0. The van der Waals surface area contributed by atoms with E-state index in [4.69, 9.17) is 4.42 Å². The lowest BCUT2D eigenvalue weighted by atomic mass is 10.1. The van der Waals surface area contributed by atoms with Gasteiger partial charge in [0, 0.05) is 14.1 Å². The van der Waals surface area contributed by atoms with Crippen LogP contribution in [-0.4, -0.2) is 50.6 Å². The Bertz CT molecular complexity index is 482. The van der Waals surface area contributed by atoms with Crippen molar-refractivity contribution in [3.63, 3.8) is 0 Å². The SMILES string of the molecule is CN(C)S(=O)(=O)CCCN1CCCC1c1ccco1. The molecule has 0 saturated carbocycles. The van der Waals surface area contributed by atoms with Crippen molar-refractivity contribution in [1.82, 2.24) is 9.21 Å². The Morgan fingerprint density at radius 3 is 2.89 bits per heavy atom. The molecule has 0 aliphatic carbocycles. The van der Waals surface area contributed by atoms with Crippen molar-refractivity contribution in [1.29, 1.82) is 0 Å². The Hall–Kier alpha value is -0.850. The molecule has 0 bridgehead atoms. The highest BCUT2D eigenvalue weighted by molar-refractivity contribution is 7.89. The Morgan fingerprint density at radius 1 is 1.47 bits per heavy atom. The van der Waals surface area contributed by atoms with Crippen LogP contribution in [0.1, 0.15) is 31.1 Å². The molecule has 2 rings (SSSR count). The highest BCUT2D eigenvalue weighted by atomic mass is 32.2. The molecule has 1 aromatic heterocycles. The van der Waals surface area contributed by atoms with Crippen LogP contribution in [0.2, 0.25) is 0 Å². The molecule has 6 heteroatoms. The van der Waals surface area contributed by atoms with Gasteiger partial charge < -0.3 is 4.42 Å². The number of rotatable bonds is 6. The van der Waals surface area contributed by atoms with Crippen molar-refractivity contribution in [2.45, 2.75) is 25.3 Å². The highest BCUT2D eigenvalue weighted by Gasteiger charge is 2.27. The molecule has 0 N–H and O–H groups in total. The van der Waals surface area contributed by atoms with E-state index in [1.54, 1.807) is 20.4 Å². The highest BCUT2D eigenvalue weighted by Crippen LogP contribution is 2.31. The second kappa shape index (κ2) is 6.07. The van der Waals surface area contributed by atoms with Gasteiger partial charge in [0.05, 0.1) is 18.1 Å². The van der Waals surface area contributed by atoms with Crippen LogP contribution in [0.15, 0.2) is 22.8 Å². The summed E-state index contributed by atoms with van der Waals surface area (Å²) in [5, 5.41) is 0. The summed E-state index contributed by atoms with van der Waals surface area (Å²) in [4.78, 5) is 2.32. The van der Waals surface area contributed by atoms with Gasteiger partial charge in [-0.15, -0.1) is 0 Å². The van der Waals surface area contributed by atoms with Crippen LogP contribution in [0, 0.1) is 0 Å². The summed E-state index contributed by atoms with van der Waals surface area (Å²) < 4.78 is 30.2. The van der Waals surface area contributed by atoms with E-state index in [1.807, 2.05) is 12.1 Å². The van der Waals surface area contributed by atoms with Crippen molar-refractivity contribution in [3.8, 4) is 0 Å². The summed E-state index contributed by atoms with van der Waals surface area (Å²) in [7, 11) is 0.0825. The van der Waals surface area contributed by atoms with Crippen molar-refractivity contribution in [3.05, 3.63) is 24.2 Å². The van der Waals surface area contributed by atoms with Crippen molar-refractivity contribution >= 4 is 10.0 Å². The van der Waals surface area contributed by atoms with Gasteiger partial charge in [0.2, 0.25) is 10.0 Å². The van der Waals surface area contributed by atoms with Gasteiger partial charge in [0.1, 0.15) is 5.76 Å².